The van der Waals surface area contributed by atoms with E-state index in [0.29, 0.717) is 5.39 Å². The molecule has 1 aromatic heterocycles. The molecule has 0 saturated carbocycles. The van der Waals surface area contributed by atoms with E-state index in [4.69, 9.17) is 0 Å². The van der Waals surface area contributed by atoms with Crippen molar-refractivity contribution < 1.29 is 22.9 Å². The lowest BCUT2D eigenvalue weighted by Crippen LogP contribution is -2.02. The number of nitro benzene ring substituents is 1. The predicted molar refractivity (Wildman–Crippen MR) is 74.8 cm³/mol. The van der Waals surface area contributed by atoms with E-state index in [-0.39, 0.29) is 28.2 Å². The molecule has 1 heterocycles. The Morgan fingerprint density at radius 2 is 2.05 bits per heavy atom. The molecule has 2 aromatic rings. The van der Waals surface area contributed by atoms with Gasteiger partial charge in [-0.15, -0.1) is 0 Å². The molecule has 0 spiro atoms. The zero-order valence-electron chi connectivity index (χ0n) is 11.2. The zero-order chi connectivity index (χ0) is 15.8. The monoisotopic (exact) mass is 312 g/mol. The highest BCUT2D eigenvalue weighted by atomic mass is 32.2. The summed E-state index contributed by atoms with van der Waals surface area (Å²) in [4.78, 5) is 24.5. The van der Waals surface area contributed by atoms with Gasteiger partial charge < -0.3 is 9.72 Å². The van der Waals surface area contributed by atoms with Crippen LogP contribution in [0.5, 0.6) is 0 Å². The Bertz CT molecular complexity index is 837. The van der Waals surface area contributed by atoms with Crippen molar-refractivity contribution in [1.29, 1.82) is 0 Å². The first-order valence-corrected chi connectivity index (χ1v) is 7.83. The van der Waals surface area contributed by atoms with Gasteiger partial charge in [-0.3, -0.25) is 10.1 Å². The summed E-state index contributed by atoms with van der Waals surface area (Å²) in [6.07, 6.45) is 1.04. The second-order valence-electron chi connectivity index (χ2n) is 4.58. The third-order valence-electron chi connectivity index (χ3n) is 2.80. The minimum absolute atomic E-state index is 0.0621. The Balaban J connectivity index is 2.67. The Hall–Kier alpha value is -2.42. The Morgan fingerprint density at radius 1 is 1.38 bits per heavy atom. The van der Waals surface area contributed by atoms with E-state index in [1.54, 1.807) is 0 Å². The van der Waals surface area contributed by atoms with Crippen LogP contribution in [-0.2, 0) is 20.3 Å². The molecule has 0 amide bonds. The molecule has 0 saturated heterocycles. The number of aromatic amines is 1. The number of aromatic nitrogens is 1. The third-order valence-corrected chi connectivity index (χ3v) is 3.66. The quantitative estimate of drug-likeness (QED) is 0.518. The molecule has 0 aliphatic heterocycles. The Labute approximate surface area is 119 Å². The first-order valence-electron chi connectivity index (χ1n) is 5.77. The largest absolute Gasteiger partial charge is 0.464 e. The van der Waals surface area contributed by atoms with E-state index in [0.717, 1.165) is 6.26 Å². The minimum atomic E-state index is -3.33. The van der Waals surface area contributed by atoms with Gasteiger partial charge in [0.1, 0.15) is 11.2 Å². The molecule has 0 aliphatic carbocycles. The average Bonchev–Trinajstić information content (AvgIpc) is 2.78. The molecule has 0 bridgehead atoms. The minimum Gasteiger partial charge on any atom is -0.464 e. The van der Waals surface area contributed by atoms with Gasteiger partial charge in [0.15, 0.2) is 9.84 Å². The van der Waals surface area contributed by atoms with E-state index in [9.17, 15) is 23.3 Å². The number of carbonyl (C=O) groups is 1. The summed E-state index contributed by atoms with van der Waals surface area (Å²) in [6, 6.07) is 4.06. The number of fused-ring (bicyclic) bond motifs is 1. The van der Waals surface area contributed by atoms with Crippen LogP contribution in [0.25, 0.3) is 10.9 Å². The number of sulfone groups is 1. The molecule has 1 N–H and O–H groups in total. The van der Waals surface area contributed by atoms with Crippen molar-refractivity contribution in [2.75, 3.05) is 13.4 Å². The molecule has 0 radical (unpaired) electrons. The molecule has 0 aliphatic rings. The second kappa shape index (κ2) is 5.17. The summed E-state index contributed by atoms with van der Waals surface area (Å²) in [7, 11) is -2.14. The van der Waals surface area contributed by atoms with E-state index < -0.39 is 20.7 Å². The Kier molecular flexibility index (Phi) is 3.69. The van der Waals surface area contributed by atoms with Gasteiger partial charge in [-0.1, -0.05) is 0 Å². The van der Waals surface area contributed by atoms with Crippen LogP contribution in [-0.4, -0.2) is 37.7 Å². The summed E-state index contributed by atoms with van der Waals surface area (Å²) in [6.45, 7) is 0. The lowest BCUT2D eigenvalue weighted by atomic mass is 10.1. The maximum atomic E-state index is 11.5. The number of rotatable bonds is 4. The maximum Gasteiger partial charge on any atom is 0.354 e. The SMILES string of the molecule is COC(=O)c1cc2cc(CS(C)(=O)=O)cc([N+](=O)[O-])c2[nH]1. The van der Waals surface area contributed by atoms with Crippen LogP contribution in [0, 0.1) is 10.1 Å². The average molecular weight is 312 g/mol. The molecule has 8 nitrogen and oxygen atoms in total. The zero-order valence-corrected chi connectivity index (χ0v) is 12.1. The molecule has 0 unspecified atom stereocenters. The molecule has 1 aromatic carbocycles. The van der Waals surface area contributed by atoms with Crippen molar-refractivity contribution in [3.63, 3.8) is 0 Å². The van der Waals surface area contributed by atoms with Crippen molar-refractivity contribution in [3.8, 4) is 0 Å². The number of H-pyrrole nitrogens is 1. The number of nitrogens with one attached hydrogen (secondary N) is 1. The van der Waals surface area contributed by atoms with Gasteiger partial charge in [-0.2, -0.15) is 0 Å². The van der Waals surface area contributed by atoms with Crippen molar-refractivity contribution in [1.82, 2.24) is 4.98 Å². The summed E-state index contributed by atoms with van der Waals surface area (Å²) in [5.41, 5.74) is 0.207. The van der Waals surface area contributed by atoms with Crippen LogP contribution in [0.15, 0.2) is 18.2 Å². The van der Waals surface area contributed by atoms with Gasteiger partial charge in [0.25, 0.3) is 5.69 Å². The van der Waals surface area contributed by atoms with Crippen molar-refractivity contribution in [3.05, 3.63) is 39.6 Å². The van der Waals surface area contributed by atoms with Gasteiger partial charge in [-0.05, 0) is 17.7 Å². The number of hydrogen-bond donors (Lipinski definition) is 1. The highest BCUT2D eigenvalue weighted by molar-refractivity contribution is 7.89. The molecule has 0 fully saturated rings. The molecule has 2 rings (SSSR count). The fourth-order valence-electron chi connectivity index (χ4n) is 2.04. The fraction of sp³-hybridized carbons (Fsp3) is 0.250. The molecular weight excluding hydrogens is 300 g/mol. The van der Waals surface area contributed by atoms with Crippen LogP contribution in [0.3, 0.4) is 0 Å². The summed E-state index contributed by atoms with van der Waals surface area (Å²) in [5.74, 6) is -0.979. The van der Waals surface area contributed by atoms with E-state index >= 15 is 0 Å². The number of esters is 1. The first-order chi connectivity index (χ1) is 9.71. The smallest absolute Gasteiger partial charge is 0.354 e. The second-order valence-corrected chi connectivity index (χ2v) is 6.72. The standard InChI is InChI=1S/C12H12N2O6S/c1-20-12(15)9-5-8-3-7(6-21(2,18)19)4-10(14(16)17)11(8)13-9/h3-5,13H,6H2,1-2H3. The number of nitrogens with zero attached hydrogens (tertiary/aromatic N) is 1. The predicted octanol–water partition coefficient (Wildman–Crippen LogP) is 1.41. The van der Waals surface area contributed by atoms with Crippen LogP contribution in [0.4, 0.5) is 5.69 Å². The number of ether oxygens (including phenoxy) is 1. The van der Waals surface area contributed by atoms with Gasteiger partial charge in [0, 0.05) is 17.7 Å². The number of carbonyl (C=O) groups excluding carboxylic acids is 1. The lowest BCUT2D eigenvalue weighted by molar-refractivity contribution is -0.383. The van der Waals surface area contributed by atoms with Crippen LogP contribution in [0.2, 0.25) is 0 Å². The van der Waals surface area contributed by atoms with Crippen LogP contribution >= 0.6 is 0 Å². The number of nitro groups is 1. The maximum absolute atomic E-state index is 11.5. The summed E-state index contributed by atoms with van der Waals surface area (Å²) < 4.78 is 27.2. The van der Waals surface area contributed by atoms with Gasteiger partial charge in [-0.25, -0.2) is 13.2 Å². The van der Waals surface area contributed by atoms with E-state index in [2.05, 4.69) is 9.72 Å². The summed E-state index contributed by atoms with van der Waals surface area (Å²) in [5, 5.41) is 11.5. The van der Waals surface area contributed by atoms with Gasteiger partial charge >= 0.3 is 5.97 Å². The number of hydrogen-bond acceptors (Lipinski definition) is 6. The fourth-order valence-corrected chi connectivity index (χ4v) is 2.81. The normalized spacial score (nSPS) is 11.5. The van der Waals surface area contributed by atoms with Gasteiger partial charge in [0.2, 0.25) is 0 Å². The van der Waals surface area contributed by atoms with E-state index in [1.165, 1.54) is 25.3 Å². The van der Waals surface area contributed by atoms with Crippen LogP contribution < -0.4 is 0 Å². The molecule has 9 heteroatoms. The molecule has 112 valence electrons. The van der Waals surface area contributed by atoms with Gasteiger partial charge in [0.05, 0.1) is 17.8 Å². The van der Waals surface area contributed by atoms with Crippen molar-refractivity contribution >= 4 is 32.4 Å². The summed E-state index contributed by atoms with van der Waals surface area (Å²) >= 11 is 0. The number of benzene rings is 1. The first kappa shape index (κ1) is 15.0. The van der Waals surface area contributed by atoms with Crippen molar-refractivity contribution in [2.24, 2.45) is 0 Å². The topological polar surface area (TPSA) is 119 Å². The number of methoxy groups -OCH3 is 1. The lowest BCUT2D eigenvalue weighted by Gasteiger charge is -2.01. The highest BCUT2D eigenvalue weighted by Gasteiger charge is 2.20. The molecular formula is C12H12N2O6S. The van der Waals surface area contributed by atoms with Crippen LogP contribution in [0.1, 0.15) is 16.1 Å². The van der Waals surface area contributed by atoms with Crippen molar-refractivity contribution in [2.45, 2.75) is 5.75 Å². The van der Waals surface area contributed by atoms with E-state index in [1.807, 2.05) is 0 Å². The number of non-ortho nitro benzene ring substituents is 1. The molecule has 21 heavy (non-hydrogen) atoms. The molecule has 0 atom stereocenters. The highest BCUT2D eigenvalue weighted by Crippen LogP contribution is 2.28. The third kappa shape index (κ3) is 3.19. The Morgan fingerprint density at radius 3 is 2.57 bits per heavy atom.